The molecule has 28 heavy (non-hydrogen) atoms. The average Bonchev–Trinajstić information content (AvgIpc) is 3.20. The highest BCUT2D eigenvalue weighted by Crippen LogP contribution is 2.27. The fourth-order valence-electron chi connectivity index (χ4n) is 2.61. The lowest BCUT2D eigenvalue weighted by Gasteiger charge is -2.14. The topological polar surface area (TPSA) is 58.2 Å². The molecule has 6 heteroatoms. The highest BCUT2D eigenvalue weighted by molar-refractivity contribution is 8.00. The maximum Gasteiger partial charge on any atom is 0.265 e. The van der Waals surface area contributed by atoms with E-state index >= 15 is 0 Å². The van der Waals surface area contributed by atoms with Crippen LogP contribution in [0.4, 0.5) is 11.4 Å². The van der Waals surface area contributed by atoms with Crippen LogP contribution >= 0.6 is 23.1 Å². The number of nitrogens with one attached hydrogen (secondary N) is 2. The molecule has 1 atom stereocenters. The summed E-state index contributed by atoms with van der Waals surface area (Å²) >= 11 is 2.86. The Morgan fingerprint density at radius 2 is 1.82 bits per heavy atom. The Hall–Kier alpha value is -2.57. The lowest BCUT2D eigenvalue weighted by molar-refractivity contribution is -0.115. The van der Waals surface area contributed by atoms with Gasteiger partial charge in [0.1, 0.15) is 0 Å². The number of hydrogen-bond acceptors (Lipinski definition) is 4. The molecule has 2 aromatic carbocycles. The molecular weight excluding hydrogens is 388 g/mol. The monoisotopic (exact) mass is 410 g/mol. The van der Waals surface area contributed by atoms with Crippen molar-refractivity contribution in [3.63, 3.8) is 0 Å². The zero-order valence-electron chi connectivity index (χ0n) is 16.0. The van der Waals surface area contributed by atoms with Crippen molar-refractivity contribution in [2.45, 2.75) is 30.9 Å². The largest absolute Gasteiger partial charge is 0.325 e. The number of hydrogen-bond donors (Lipinski definition) is 2. The Balaban J connectivity index is 1.63. The molecule has 0 saturated carbocycles. The van der Waals surface area contributed by atoms with Gasteiger partial charge in [-0.3, -0.25) is 9.59 Å². The SMILES string of the molecule is Cc1ccc(C)c(NC(=O)C(C)Sc2cccc(NC(=O)c3cccs3)c2)c1. The first-order valence-corrected chi connectivity index (χ1v) is 10.7. The third-order valence-electron chi connectivity index (χ3n) is 4.17. The van der Waals surface area contributed by atoms with Gasteiger partial charge >= 0.3 is 0 Å². The van der Waals surface area contributed by atoms with E-state index < -0.39 is 0 Å². The summed E-state index contributed by atoms with van der Waals surface area (Å²) in [5.74, 6) is -0.176. The van der Waals surface area contributed by atoms with E-state index in [4.69, 9.17) is 0 Å². The molecule has 0 bridgehead atoms. The van der Waals surface area contributed by atoms with E-state index in [1.165, 1.54) is 23.1 Å². The third-order valence-corrected chi connectivity index (χ3v) is 6.13. The molecule has 1 heterocycles. The molecule has 3 rings (SSSR count). The number of rotatable bonds is 6. The summed E-state index contributed by atoms with van der Waals surface area (Å²) in [6.07, 6.45) is 0. The van der Waals surface area contributed by atoms with Crippen LogP contribution in [0.1, 0.15) is 27.7 Å². The van der Waals surface area contributed by atoms with E-state index in [9.17, 15) is 9.59 Å². The Labute approximate surface area is 173 Å². The van der Waals surface area contributed by atoms with Crippen molar-refractivity contribution < 1.29 is 9.59 Å². The molecule has 0 aliphatic carbocycles. The second-order valence-electron chi connectivity index (χ2n) is 6.53. The minimum Gasteiger partial charge on any atom is -0.325 e. The van der Waals surface area contributed by atoms with Crippen LogP contribution in [0.2, 0.25) is 0 Å². The summed E-state index contributed by atoms with van der Waals surface area (Å²) in [4.78, 5) is 26.4. The molecule has 2 amide bonds. The fraction of sp³-hybridized carbons (Fsp3) is 0.182. The Morgan fingerprint density at radius 3 is 2.57 bits per heavy atom. The van der Waals surface area contributed by atoms with Crippen molar-refractivity contribution in [1.29, 1.82) is 0 Å². The van der Waals surface area contributed by atoms with Gasteiger partial charge in [-0.25, -0.2) is 0 Å². The number of thioether (sulfide) groups is 1. The van der Waals surface area contributed by atoms with Gasteiger partial charge in [-0.05, 0) is 67.6 Å². The van der Waals surface area contributed by atoms with E-state index in [0.29, 0.717) is 10.6 Å². The van der Waals surface area contributed by atoms with E-state index in [0.717, 1.165) is 21.7 Å². The molecular formula is C22H22N2O2S2. The summed E-state index contributed by atoms with van der Waals surface area (Å²) in [6, 6.07) is 17.2. The smallest absolute Gasteiger partial charge is 0.265 e. The third kappa shape index (κ3) is 5.24. The predicted octanol–water partition coefficient (Wildman–Crippen LogP) is 5.74. The number of anilines is 2. The van der Waals surface area contributed by atoms with Gasteiger partial charge in [0.2, 0.25) is 5.91 Å². The summed E-state index contributed by atoms with van der Waals surface area (Å²) in [7, 11) is 0. The maximum absolute atomic E-state index is 12.6. The molecule has 2 N–H and O–H groups in total. The van der Waals surface area contributed by atoms with Gasteiger partial charge in [-0.2, -0.15) is 0 Å². The van der Waals surface area contributed by atoms with Crippen LogP contribution in [0.25, 0.3) is 0 Å². The van der Waals surface area contributed by atoms with Gasteiger partial charge in [-0.1, -0.05) is 24.3 Å². The fourth-order valence-corrected chi connectivity index (χ4v) is 4.16. The van der Waals surface area contributed by atoms with Gasteiger partial charge in [0.25, 0.3) is 5.91 Å². The van der Waals surface area contributed by atoms with Crippen LogP contribution in [0.15, 0.2) is 64.9 Å². The first-order chi connectivity index (χ1) is 13.4. The summed E-state index contributed by atoms with van der Waals surface area (Å²) in [5, 5.41) is 7.50. The zero-order valence-corrected chi connectivity index (χ0v) is 17.6. The standard InChI is InChI=1S/C22H22N2O2S2/c1-14-9-10-15(2)19(12-14)24-21(25)16(3)28-18-7-4-6-17(13-18)23-22(26)20-8-5-11-27-20/h4-13,16H,1-3H3,(H,23,26)(H,24,25). The Kier molecular flexibility index (Phi) is 6.54. The summed E-state index contributed by atoms with van der Waals surface area (Å²) in [5.41, 5.74) is 3.70. The van der Waals surface area contributed by atoms with Crippen LogP contribution in [-0.2, 0) is 4.79 Å². The molecule has 0 aliphatic rings. The molecule has 0 spiro atoms. The average molecular weight is 411 g/mol. The zero-order chi connectivity index (χ0) is 20.1. The van der Waals surface area contributed by atoms with Gasteiger partial charge in [0.15, 0.2) is 0 Å². The predicted molar refractivity (Wildman–Crippen MR) is 119 cm³/mol. The van der Waals surface area contributed by atoms with Gasteiger partial charge < -0.3 is 10.6 Å². The number of amides is 2. The van der Waals surface area contributed by atoms with Crippen molar-refractivity contribution in [2.75, 3.05) is 10.6 Å². The molecule has 4 nitrogen and oxygen atoms in total. The highest BCUT2D eigenvalue weighted by atomic mass is 32.2. The number of aryl methyl sites for hydroxylation is 2. The van der Waals surface area contributed by atoms with Crippen molar-refractivity contribution in [2.24, 2.45) is 0 Å². The first kappa shape index (κ1) is 20.2. The summed E-state index contributed by atoms with van der Waals surface area (Å²) < 4.78 is 0. The second-order valence-corrected chi connectivity index (χ2v) is 8.89. The molecule has 1 unspecified atom stereocenters. The molecule has 1 aromatic heterocycles. The van der Waals surface area contributed by atoms with Crippen molar-refractivity contribution in [3.05, 3.63) is 76.0 Å². The van der Waals surface area contributed by atoms with Gasteiger partial charge in [0, 0.05) is 16.3 Å². The number of thiophene rings is 1. The minimum atomic E-state index is -0.275. The summed E-state index contributed by atoms with van der Waals surface area (Å²) in [6.45, 7) is 5.86. The van der Waals surface area contributed by atoms with Crippen LogP contribution in [0, 0.1) is 13.8 Å². The number of carbonyl (C=O) groups excluding carboxylic acids is 2. The van der Waals surface area contributed by atoms with Crippen LogP contribution < -0.4 is 10.6 Å². The molecule has 144 valence electrons. The highest BCUT2D eigenvalue weighted by Gasteiger charge is 2.16. The quantitative estimate of drug-likeness (QED) is 0.510. The van der Waals surface area contributed by atoms with Crippen molar-refractivity contribution in [1.82, 2.24) is 0 Å². The Bertz CT molecular complexity index is 984. The van der Waals surface area contributed by atoms with E-state index in [2.05, 4.69) is 10.6 Å². The van der Waals surface area contributed by atoms with Crippen LogP contribution in [-0.4, -0.2) is 17.1 Å². The van der Waals surface area contributed by atoms with E-state index in [-0.39, 0.29) is 17.1 Å². The number of carbonyl (C=O) groups is 2. The Morgan fingerprint density at radius 1 is 1.00 bits per heavy atom. The lowest BCUT2D eigenvalue weighted by atomic mass is 10.1. The van der Waals surface area contributed by atoms with Crippen LogP contribution in [0.3, 0.4) is 0 Å². The normalized spacial score (nSPS) is 11.7. The van der Waals surface area contributed by atoms with Crippen molar-refractivity contribution >= 4 is 46.3 Å². The number of benzene rings is 2. The second kappa shape index (κ2) is 9.08. The van der Waals surface area contributed by atoms with E-state index in [1.54, 1.807) is 6.07 Å². The van der Waals surface area contributed by atoms with Gasteiger partial charge in [-0.15, -0.1) is 23.1 Å². The van der Waals surface area contributed by atoms with E-state index in [1.807, 2.05) is 74.7 Å². The van der Waals surface area contributed by atoms with Crippen LogP contribution in [0.5, 0.6) is 0 Å². The van der Waals surface area contributed by atoms with Crippen molar-refractivity contribution in [3.8, 4) is 0 Å². The maximum atomic E-state index is 12.6. The molecule has 0 aliphatic heterocycles. The molecule has 0 radical (unpaired) electrons. The molecule has 0 fully saturated rings. The lowest BCUT2D eigenvalue weighted by Crippen LogP contribution is -2.22. The first-order valence-electron chi connectivity index (χ1n) is 8.92. The van der Waals surface area contributed by atoms with Gasteiger partial charge in [0.05, 0.1) is 10.1 Å². The minimum absolute atomic E-state index is 0.0493. The molecule has 0 saturated heterocycles. The molecule has 3 aromatic rings.